The van der Waals surface area contributed by atoms with Crippen LogP contribution < -0.4 is 9.62 Å². The molecule has 39 heavy (non-hydrogen) atoms. The van der Waals surface area contributed by atoms with Crippen molar-refractivity contribution < 1.29 is 18.0 Å². The molecule has 0 aliphatic carbocycles. The van der Waals surface area contributed by atoms with Gasteiger partial charge in [0.05, 0.1) is 10.6 Å². The summed E-state index contributed by atoms with van der Waals surface area (Å²) in [7, 11) is -4.08. The molecule has 0 radical (unpaired) electrons. The van der Waals surface area contributed by atoms with Crippen LogP contribution in [0.25, 0.3) is 0 Å². The molecule has 0 unspecified atom stereocenters. The number of amides is 2. The zero-order valence-corrected chi connectivity index (χ0v) is 24.2. The molecule has 0 aliphatic rings. The molecule has 0 saturated carbocycles. The largest absolute Gasteiger partial charge is 0.354 e. The first-order valence-electron chi connectivity index (χ1n) is 13.1. The number of anilines is 1. The highest BCUT2D eigenvalue weighted by Gasteiger charge is 2.33. The second kappa shape index (κ2) is 14.1. The second-order valence-electron chi connectivity index (χ2n) is 9.38. The second-order valence-corrected chi connectivity index (χ2v) is 11.7. The van der Waals surface area contributed by atoms with Crippen molar-refractivity contribution in [3.05, 3.63) is 95.0 Å². The summed E-state index contributed by atoms with van der Waals surface area (Å²) >= 11 is 6.06. The third-order valence-electron chi connectivity index (χ3n) is 6.38. The Bertz CT molecular complexity index is 1350. The van der Waals surface area contributed by atoms with E-state index in [0.717, 1.165) is 28.3 Å². The highest BCUT2D eigenvalue weighted by Crippen LogP contribution is 2.25. The van der Waals surface area contributed by atoms with E-state index in [2.05, 4.69) is 5.32 Å². The number of unbranched alkanes of at least 4 members (excludes halogenated alkanes) is 1. The summed E-state index contributed by atoms with van der Waals surface area (Å²) in [4.78, 5) is 28.8. The lowest BCUT2D eigenvalue weighted by Crippen LogP contribution is -2.52. The first kappa shape index (κ1) is 30.2. The van der Waals surface area contributed by atoms with E-state index in [1.807, 2.05) is 26.8 Å². The Morgan fingerprint density at radius 3 is 2.26 bits per heavy atom. The quantitative estimate of drug-likeness (QED) is 0.273. The molecule has 1 atom stereocenters. The first-order chi connectivity index (χ1) is 18.7. The summed E-state index contributed by atoms with van der Waals surface area (Å²) in [5.41, 5.74) is 2.01. The molecule has 3 aromatic carbocycles. The lowest BCUT2D eigenvalue weighted by Gasteiger charge is -2.33. The van der Waals surface area contributed by atoms with Gasteiger partial charge in [0.2, 0.25) is 11.8 Å². The van der Waals surface area contributed by atoms with Crippen LogP contribution in [-0.4, -0.2) is 44.3 Å². The lowest BCUT2D eigenvalue weighted by atomic mass is 10.1. The van der Waals surface area contributed by atoms with Gasteiger partial charge in [-0.1, -0.05) is 74.3 Å². The van der Waals surface area contributed by atoms with Crippen LogP contribution in [0, 0.1) is 6.92 Å². The molecule has 2 amide bonds. The molecular formula is C30H36ClN3O4S. The van der Waals surface area contributed by atoms with Crippen molar-refractivity contribution in [2.24, 2.45) is 0 Å². The Labute approximate surface area is 236 Å². The molecule has 0 aromatic heterocycles. The summed E-state index contributed by atoms with van der Waals surface area (Å²) in [6.07, 6.45) is 2.12. The molecule has 0 heterocycles. The van der Waals surface area contributed by atoms with Crippen LogP contribution in [-0.2, 0) is 26.2 Å². The zero-order chi connectivity index (χ0) is 28.4. The van der Waals surface area contributed by atoms with Gasteiger partial charge in [-0.05, 0) is 67.3 Å². The van der Waals surface area contributed by atoms with E-state index in [1.54, 1.807) is 60.7 Å². The third-order valence-corrected chi connectivity index (χ3v) is 8.42. The van der Waals surface area contributed by atoms with Crippen LogP contribution >= 0.6 is 11.6 Å². The van der Waals surface area contributed by atoms with Crippen molar-refractivity contribution in [3.8, 4) is 0 Å². The van der Waals surface area contributed by atoms with E-state index in [9.17, 15) is 18.0 Å². The predicted molar refractivity (Wildman–Crippen MR) is 156 cm³/mol. The number of sulfonamides is 1. The topological polar surface area (TPSA) is 86.8 Å². The summed E-state index contributed by atoms with van der Waals surface area (Å²) in [5, 5.41) is 3.48. The highest BCUT2D eigenvalue weighted by molar-refractivity contribution is 7.92. The van der Waals surface area contributed by atoms with Crippen LogP contribution in [0.3, 0.4) is 0 Å². The summed E-state index contributed by atoms with van der Waals surface area (Å²) in [6.45, 7) is 5.90. The number of nitrogens with one attached hydrogen (secondary N) is 1. The highest BCUT2D eigenvalue weighted by atomic mass is 35.5. The first-order valence-corrected chi connectivity index (χ1v) is 14.9. The minimum atomic E-state index is -4.08. The molecule has 0 spiro atoms. The fourth-order valence-electron chi connectivity index (χ4n) is 4.24. The molecule has 1 N–H and O–H groups in total. The Hall–Kier alpha value is -3.36. The maximum atomic E-state index is 14.0. The summed E-state index contributed by atoms with van der Waals surface area (Å²) in [5.74, 6) is -0.746. The van der Waals surface area contributed by atoms with E-state index in [0.29, 0.717) is 23.7 Å². The number of carbonyl (C=O) groups excluding carboxylic acids is 2. The summed E-state index contributed by atoms with van der Waals surface area (Å²) < 4.78 is 28.7. The van der Waals surface area contributed by atoms with Crippen LogP contribution in [0.2, 0.25) is 5.02 Å². The molecule has 9 heteroatoms. The maximum Gasteiger partial charge on any atom is 0.264 e. The van der Waals surface area contributed by atoms with Crippen molar-refractivity contribution in [3.63, 3.8) is 0 Å². The Balaban J connectivity index is 2.02. The molecule has 3 rings (SSSR count). The number of benzene rings is 3. The van der Waals surface area contributed by atoms with Gasteiger partial charge in [0.1, 0.15) is 12.6 Å². The van der Waals surface area contributed by atoms with Gasteiger partial charge in [-0.25, -0.2) is 8.42 Å². The van der Waals surface area contributed by atoms with Gasteiger partial charge in [0.15, 0.2) is 0 Å². The lowest BCUT2D eigenvalue weighted by molar-refractivity contribution is -0.140. The number of halogens is 1. The number of hydrogen-bond donors (Lipinski definition) is 1. The van der Waals surface area contributed by atoms with Crippen molar-refractivity contribution >= 4 is 39.1 Å². The van der Waals surface area contributed by atoms with Crippen molar-refractivity contribution in [2.75, 3.05) is 17.4 Å². The standard InChI is InChI=1S/C30H36ClN3O4S/c1-4-6-19-32-30(36)28(5-2)33(21-24-15-17-25(31)18-16-24)29(35)22-34(26-12-10-11-23(3)20-26)39(37,38)27-13-8-7-9-14-27/h7-18,20,28H,4-6,19,21-22H2,1-3H3,(H,32,36)/t28-/m0/s1. The number of hydrogen-bond acceptors (Lipinski definition) is 4. The smallest absolute Gasteiger partial charge is 0.264 e. The van der Waals surface area contributed by atoms with Crippen molar-refractivity contribution in [1.29, 1.82) is 0 Å². The van der Waals surface area contributed by atoms with E-state index < -0.39 is 28.5 Å². The van der Waals surface area contributed by atoms with Gasteiger partial charge in [-0.2, -0.15) is 0 Å². The molecule has 3 aromatic rings. The van der Waals surface area contributed by atoms with Gasteiger partial charge in [-0.3, -0.25) is 13.9 Å². The fraction of sp³-hybridized carbons (Fsp3) is 0.333. The van der Waals surface area contributed by atoms with Crippen LogP contribution in [0.1, 0.15) is 44.2 Å². The molecule has 208 valence electrons. The Morgan fingerprint density at radius 1 is 0.949 bits per heavy atom. The number of carbonyl (C=O) groups is 2. The van der Waals surface area contributed by atoms with E-state index >= 15 is 0 Å². The molecule has 0 fully saturated rings. The fourth-order valence-corrected chi connectivity index (χ4v) is 5.80. The van der Waals surface area contributed by atoms with Crippen LogP contribution in [0.4, 0.5) is 5.69 Å². The molecule has 7 nitrogen and oxygen atoms in total. The maximum absolute atomic E-state index is 14.0. The van der Waals surface area contributed by atoms with E-state index in [-0.39, 0.29) is 17.3 Å². The number of aryl methyl sites for hydroxylation is 1. The molecule has 0 bridgehead atoms. The predicted octanol–water partition coefficient (Wildman–Crippen LogP) is 5.57. The minimum Gasteiger partial charge on any atom is -0.354 e. The summed E-state index contributed by atoms with van der Waals surface area (Å²) in [6, 6.07) is 21.3. The van der Waals surface area contributed by atoms with Crippen molar-refractivity contribution in [1.82, 2.24) is 10.2 Å². The van der Waals surface area contributed by atoms with Gasteiger partial charge in [0.25, 0.3) is 10.0 Å². The average Bonchev–Trinajstić information content (AvgIpc) is 2.93. The normalized spacial score (nSPS) is 12.0. The SMILES string of the molecule is CCCCNC(=O)[C@H](CC)N(Cc1ccc(Cl)cc1)C(=O)CN(c1cccc(C)c1)S(=O)(=O)c1ccccc1. The third kappa shape index (κ3) is 8.07. The zero-order valence-electron chi connectivity index (χ0n) is 22.6. The molecule has 0 aliphatic heterocycles. The van der Waals surface area contributed by atoms with Gasteiger partial charge in [0, 0.05) is 18.1 Å². The average molecular weight is 570 g/mol. The van der Waals surface area contributed by atoms with Crippen LogP contribution in [0.15, 0.2) is 83.8 Å². The minimum absolute atomic E-state index is 0.0768. The van der Waals surface area contributed by atoms with Gasteiger partial charge < -0.3 is 10.2 Å². The molecule has 0 saturated heterocycles. The van der Waals surface area contributed by atoms with Crippen LogP contribution in [0.5, 0.6) is 0 Å². The Kier molecular flexibility index (Phi) is 10.9. The monoisotopic (exact) mass is 569 g/mol. The number of nitrogens with zero attached hydrogens (tertiary/aromatic N) is 2. The van der Waals surface area contributed by atoms with Gasteiger partial charge >= 0.3 is 0 Å². The van der Waals surface area contributed by atoms with Crippen molar-refractivity contribution in [2.45, 2.75) is 57.5 Å². The number of rotatable bonds is 13. The Morgan fingerprint density at radius 2 is 1.64 bits per heavy atom. The van der Waals surface area contributed by atoms with Gasteiger partial charge in [-0.15, -0.1) is 0 Å². The molecular weight excluding hydrogens is 534 g/mol. The van der Waals surface area contributed by atoms with E-state index in [1.165, 1.54) is 17.0 Å². The van der Waals surface area contributed by atoms with E-state index in [4.69, 9.17) is 11.6 Å².